The fraction of sp³-hybridized carbons (Fsp3) is 0.286. The van der Waals surface area contributed by atoms with E-state index in [1.807, 2.05) is 26.2 Å². The third kappa shape index (κ3) is 2.89. The monoisotopic (exact) mass is 212 g/mol. The van der Waals surface area contributed by atoms with Crippen molar-refractivity contribution in [1.29, 1.82) is 0 Å². The summed E-state index contributed by atoms with van der Waals surface area (Å²) in [7, 11) is 0. The van der Waals surface area contributed by atoms with E-state index in [-0.39, 0.29) is 0 Å². The second-order valence-electron chi connectivity index (χ2n) is 4.12. The molecular weight excluding hydrogens is 196 g/mol. The smallest absolute Gasteiger partial charge is 0.0372 e. The zero-order valence-electron chi connectivity index (χ0n) is 9.77. The van der Waals surface area contributed by atoms with Crippen LogP contribution in [0.4, 0.5) is 0 Å². The van der Waals surface area contributed by atoms with Crippen LogP contribution >= 0.6 is 0 Å². The van der Waals surface area contributed by atoms with E-state index in [1.165, 1.54) is 11.1 Å². The Balaban J connectivity index is 1.97. The number of hydrogen-bond donors (Lipinski definition) is 0. The van der Waals surface area contributed by atoms with Gasteiger partial charge in [0.15, 0.2) is 0 Å². The highest BCUT2D eigenvalue weighted by molar-refractivity contribution is 5.18. The van der Waals surface area contributed by atoms with Crippen molar-refractivity contribution in [3.63, 3.8) is 0 Å². The van der Waals surface area contributed by atoms with Gasteiger partial charge >= 0.3 is 0 Å². The van der Waals surface area contributed by atoms with Gasteiger partial charge in [0.2, 0.25) is 0 Å². The van der Waals surface area contributed by atoms with Crippen LogP contribution in [-0.4, -0.2) is 9.97 Å². The molecule has 0 N–H and O–H groups in total. The van der Waals surface area contributed by atoms with Crippen molar-refractivity contribution in [2.75, 3.05) is 0 Å². The van der Waals surface area contributed by atoms with E-state index in [2.05, 4.69) is 34.2 Å². The summed E-state index contributed by atoms with van der Waals surface area (Å²) in [5.74, 6) is 0. The number of aryl methyl sites for hydroxylation is 4. The molecule has 16 heavy (non-hydrogen) atoms. The number of rotatable bonds is 3. The maximum Gasteiger partial charge on any atom is 0.0372 e. The second-order valence-corrected chi connectivity index (χ2v) is 4.12. The predicted octanol–water partition coefficient (Wildman–Crippen LogP) is 2.88. The molecule has 2 aromatic rings. The van der Waals surface area contributed by atoms with Gasteiger partial charge in [-0.25, -0.2) is 0 Å². The van der Waals surface area contributed by atoms with Crippen molar-refractivity contribution in [3.8, 4) is 0 Å². The van der Waals surface area contributed by atoms with E-state index in [4.69, 9.17) is 0 Å². The first kappa shape index (κ1) is 10.8. The molecule has 0 spiro atoms. The van der Waals surface area contributed by atoms with Gasteiger partial charge in [-0.2, -0.15) is 0 Å². The molecule has 0 fully saturated rings. The van der Waals surface area contributed by atoms with E-state index in [0.29, 0.717) is 0 Å². The molecule has 2 nitrogen and oxygen atoms in total. The van der Waals surface area contributed by atoms with Gasteiger partial charge in [-0.05, 0) is 49.9 Å². The Labute approximate surface area is 96.4 Å². The zero-order chi connectivity index (χ0) is 11.4. The Morgan fingerprint density at radius 1 is 0.750 bits per heavy atom. The first-order chi connectivity index (χ1) is 7.74. The molecule has 2 heteroatoms. The topological polar surface area (TPSA) is 25.8 Å². The fourth-order valence-electron chi connectivity index (χ4n) is 1.58. The first-order valence-electron chi connectivity index (χ1n) is 5.57. The van der Waals surface area contributed by atoms with Gasteiger partial charge in [-0.3, -0.25) is 9.97 Å². The molecule has 2 rings (SSSR count). The Kier molecular flexibility index (Phi) is 3.30. The average molecular weight is 212 g/mol. The number of pyridine rings is 2. The van der Waals surface area contributed by atoms with Crippen LogP contribution in [0.25, 0.3) is 0 Å². The Bertz CT molecular complexity index is 398. The number of nitrogens with zero attached hydrogens (tertiary/aromatic N) is 2. The van der Waals surface area contributed by atoms with Gasteiger partial charge in [0.05, 0.1) is 0 Å². The van der Waals surface area contributed by atoms with Crippen LogP contribution in [-0.2, 0) is 12.8 Å². The lowest BCUT2D eigenvalue weighted by Crippen LogP contribution is -1.94. The Morgan fingerprint density at radius 2 is 1.19 bits per heavy atom. The minimum atomic E-state index is 1.03. The third-order valence-corrected chi connectivity index (χ3v) is 2.65. The lowest BCUT2D eigenvalue weighted by atomic mass is 10.1. The lowest BCUT2D eigenvalue weighted by Gasteiger charge is -2.02. The lowest BCUT2D eigenvalue weighted by molar-refractivity contribution is 0.933. The third-order valence-electron chi connectivity index (χ3n) is 2.65. The van der Waals surface area contributed by atoms with Gasteiger partial charge in [-0.1, -0.05) is 12.1 Å². The maximum atomic E-state index is 4.29. The molecule has 0 saturated carbocycles. The summed E-state index contributed by atoms with van der Waals surface area (Å²) >= 11 is 0. The molecule has 0 bridgehead atoms. The molecular formula is C14H16N2. The second kappa shape index (κ2) is 4.88. The van der Waals surface area contributed by atoms with Crippen molar-refractivity contribution in [2.24, 2.45) is 0 Å². The molecule has 0 aliphatic carbocycles. The van der Waals surface area contributed by atoms with Crippen LogP contribution in [0.15, 0.2) is 36.7 Å². The molecule has 0 radical (unpaired) electrons. The van der Waals surface area contributed by atoms with Crippen molar-refractivity contribution in [2.45, 2.75) is 26.7 Å². The van der Waals surface area contributed by atoms with Crippen molar-refractivity contribution in [1.82, 2.24) is 9.97 Å². The van der Waals surface area contributed by atoms with E-state index < -0.39 is 0 Å². The maximum absolute atomic E-state index is 4.29. The van der Waals surface area contributed by atoms with Crippen LogP contribution in [0.1, 0.15) is 22.5 Å². The zero-order valence-corrected chi connectivity index (χ0v) is 9.77. The van der Waals surface area contributed by atoms with E-state index in [9.17, 15) is 0 Å². The van der Waals surface area contributed by atoms with Crippen LogP contribution < -0.4 is 0 Å². The van der Waals surface area contributed by atoms with Gasteiger partial charge < -0.3 is 0 Å². The molecule has 0 aliphatic rings. The summed E-state index contributed by atoms with van der Waals surface area (Å²) in [4.78, 5) is 8.58. The molecule has 2 heterocycles. The molecule has 0 amide bonds. The average Bonchev–Trinajstić information content (AvgIpc) is 2.30. The van der Waals surface area contributed by atoms with Crippen LogP contribution in [0.5, 0.6) is 0 Å². The summed E-state index contributed by atoms with van der Waals surface area (Å²) in [6.07, 6.45) is 5.96. The summed E-state index contributed by atoms with van der Waals surface area (Å²) < 4.78 is 0. The standard InChI is InChI=1S/C14H16N2/c1-11-3-5-13(9-15-11)7-8-14-6-4-12(2)16-10-14/h3-6,9-10H,7-8H2,1-2H3. The summed E-state index contributed by atoms with van der Waals surface area (Å²) in [6, 6.07) is 8.40. The van der Waals surface area contributed by atoms with Gasteiger partial charge in [0.1, 0.15) is 0 Å². The molecule has 0 saturated heterocycles. The van der Waals surface area contributed by atoms with Gasteiger partial charge in [0.25, 0.3) is 0 Å². The van der Waals surface area contributed by atoms with Crippen LogP contribution in [0.2, 0.25) is 0 Å². The molecule has 0 atom stereocenters. The van der Waals surface area contributed by atoms with E-state index in [1.54, 1.807) is 0 Å². The van der Waals surface area contributed by atoms with Crippen molar-refractivity contribution in [3.05, 3.63) is 59.2 Å². The summed E-state index contributed by atoms with van der Waals surface area (Å²) in [6.45, 7) is 4.02. The van der Waals surface area contributed by atoms with Gasteiger partial charge in [-0.15, -0.1) is 0 Å². The largest absolute Gasteiger partial charge is 0.261 e. The first-order valence-corrected chi connectivity index (χ1v) is 5.57. The number of aromatic nitrogens is 2. The minimum Gasteiger partial charge on any atom is -0.261 e. The predicted molar refractivity (Wildman–Crippen MR) is 65.4 cm³/mol. The van der Waals surface area contributed by atoms with Gasteiger partial charge in [0, 0.05) is 23.8 Å². The van der Waals surface area contributed by atoms with Crippen LogP contribution in [0.3, 0.4) is 0 Å². The Morgan fingerprint density at radius 3 is 1.50 bits per heavy atom. The van der Waals surface area contributed by atoms with E-state index in [0.717, 1.165) is 24.2 Å². The molecule has 0 aliphatic heterocycles. The minimum absolute atomic E-state index is 1.03. The highest BCUT2D eigenvalue weighted by atomic mass is 14.7. The summed E-state index contributed by atoms with van der Waals surface area (Å²) in [5, 5.41) is 0. The normalized spacial score (nSPS) is 10.4. The Hall–Kier alpha value is -1.70. The van der Waals surface area contributed by atoms with Crippen molar-refractivity contribution >= 4 is 0 Å². The fourth-order valence-corrected chi connectivity index (χ4v) is 1.58. The molecule has 0 unspecified atom stereocenters. The molecule has 0 aromatic carbocycles. The SMILES string of the molecule is Cc1ccc(CCc2ccc(C)nc2)cn1. The highest BCUT2D eigenvalue weighted by Gasteiger charge is 1.96. The molecule has 2 aromatic heterocycles. The molecule has 82 valence electrons. The quantitative estimate of drug-likeness (QED) is 0.781. The van der Waals surface area contributed by atoms with Crippen LogP contribution in [0, 0.1) is 13.8 Å². The van der Waals surface area contributed by atoms with Crippen molar-refractivity contribution < 1.29 is 0 Å². The highest BCUT2D eigenvalue weighted by Crippen LogP contribution is 2.06. The summed E-state index contributed by atoms with van der Waals surface area (Å²) in [5.41, 5.74) is 4.71. The number of hydrogen-bond acceptors (Lipinski definition) is 2. The van der Waals surface area contributed by atoms with E-state index >= 15 is 0 Å².